The molecule has 11 heteroatoms. The predicted molar refractivity (Wildman–Crippen MR) is 122 cm³/mol. The smallest absolute Gasteiger partial charge is 0.289 e. The molecule has 0 bridgehead atoms. The van der Waals surface area contributed by atoms with Crippen LogP contribution in [0.2, 0.25) is 10.0 Å². The number of halogens is 2. The van der Waals surface area contributed by atoms with Crippen molar-refractivity contribution in [2.45, 2.75) is 11.4 Å². The number of nitrogens with zero attached hydrogens (tertiary/aromatic N) is 2. The van der Waals surface area contributed by atoms with E-state index in [1.165, 1.54) is 12.1 Å². The van der Waals surface area contributed by atoms with Gasteiger partial charge in [0.05, 0.1) is 15.5 Å². The van der Waals surface area contributed by atoms with Gasteiger partial charge in [0, 0.05) is 17.6 Å². The average molecular weight is 494 g/mol. The molecule has 0 spiro atoms. The van der Waals surface area contributed by atoms with Crippen molar-refractivity contribution in [2.24, 2.45) is 0 Å². The Labute approximate surface area is 194 Å². The molecule has 3 aromatic carbocycles. The molecule has 0 radical (unpaired) electrons. The Balaban J connectivity index is 1.89. The number of amides is 1. The molecule has 0 heterocycles. The lowest BCUT2D eigenvalue weighted by Crippen LogP contribution is -2.40. The van der Waals surface area contributed by atoms with E-state index in [1.54, 1.807) is 42.5 Å². The third kappa shape index (κ3) is 5.56. The van der Waals surface area contributed by atoms with Crippen LogP contribution in [0.15, 0.2) is 77.7 Å². The van der Waals surface area contributed by atoms with Crippen LogP contribution in [0.25, 0.3) is 0 Å². The monoisotopic (exact) mass is 493 g/mol. The fourth-order valence-corrected chi connectivity index (χ4v) is 4.57. The second-order valence-electron chi connectivity index (χ2n) is 6.62. The zero-order valence-electron chi connectivity index (χ0n) is 16.4. The van der Waals surface area contributed by atoms with Crippen molar-refractivity contribution in [1.29, 1.82) is 0 Å². The topological polar surface area (TPSA) is 110 Å². The molecule has 0 fully saturated rings. The molecular formula is C21H17Cl2N3O5S. The first-order valence-electron chi connectivity index (χ1n) is 9.21. The van der Waals surface area contributed by atoms with Gasteiger partial charge in [-0.1, -0.05) is 53.5 Å². The van der Waals surface area contributed by atoms with Crippen LogP contribution in [0.4, 0.5) is 11.4 Å². The summed E-state index contributed by atoms with van der Waals surface area (Å²) in [5.74, 6) is -0.559. The van der Waals surface area contributed by atoms with Crippen molar-refractivity contribution in [2.75, 3.05) is 10.8 Å². The first-order valence-corrected chi connectivity index (χ1v) is 11.4. The molecule has 1 amide bonds. The SMILES string of the molecule is O=C(CN(c1ccccc1)S(=O)(=O)c1ccc(Cl)c([N+](=O)[O-])c1)NCc1ccc(Cl)cc1. The minimum absolute atomic E-state index is 0.172. The largest absolute Gasteiger partial charge is 0.350 e. The number of hydrogen-bond acceptors (Lipinski definition) is 5. The predicted octanol–water partition coefficient (Wildman–Crippen LogP) is 4.41. The van der Waals surface area contributed by atoms with Gasteiger partial charge in [-0.25, -0.2) is 8.42 Å². The van der Waals surface area contributed by atoms with Gasteiger partial charge in [-0.05, 0) is 42.0 Å². The molecule has 32 heavy (non-hydrogen) atoms. The van der Waals surface area contributed by atoms with Crippen molar-refractivity contribution in [1.82, 2.24) is 5.32 Å². The molecule has 0 atom stereocenters. The highest BCUT2D eigenvalue weighted by Crippen LogP contribution is 2.30. The lowest BCUT2D eigenvalue weighted by Gasteiger charge is -2.24. The summed E-state index contributed by atoms with van der Waals surface area (Å²) in [6.07, 6.45) is 0. The number of rotatable bonds is 8. The number of nitro groups is 1. The van der Waals surface area contributed by atoms with Crippen molar-refractivity contribution in [3.05, 3.63) is 98.5 Å². The van der Waals surface area contributed by atoms with Crippen molar-refractivity contribution in [3.63, 3.8) is 0 Å². The third-order valence-corrected chi connectivity index (χ3v) is 6.78. The van der Waals surface area contributed by atoms with Crippen molar-refractivity contribution < 1.29 is 18.1 Å². The summed E-state index contributed by atoms with van der Waals surface area (Å²) in [6.45, 7) is -0.360. The number of carbonyl (C=O) groups excluding carboxylic acids is 1. The quantitative estimate of drug-likeness (QED) is 0.369. The van der Waals surface area contributed by atoms with Crippen LogP contribution < -0.4 is 9.62 Å². The zero-order valence-corrected chi connectivity index (χ0v) is 18.8. The lowest BCUT2D eigenvalue weighted by atomic mass is 10.2. The molecule has 166 valence electrons. The number of benzene rings is 3. The molecule has 0 saturated carbocycles. The Bertz CT molecular complexity index is 1240. The molecule has 0 unspecified atom stereocenters. The first kappa shape index (κ1) is 23.5. The van der Waals surface area contributed by atoms with E-state index in [0.29, 0.717) is 5.02 Å². The molecule has 0 aliphatic rings. The minimum Gasteiger partial charge on any atom is -0.350 e. The Morgan fingerprint density at radius 3 is 2.28 bits per heavy atom. The maximum atomic E-state index is 13.3. The number of hydrogen-bond donors (Lipinski definition) is 1. The molecule has 1 N–H and O–H groups in total. The van der Waals surface area contributed by atoms with Crippen LogP contribution in [-0.4, -0.2) is 25.8 Å². The van der Waals surface area contributed by atoms with Gasteiger partial charge in [-0.3, -0.25) is 19.2 Å². The van der Waals surface area contributed by atoms with E-state index in [-0.39, 0.29) is 22.2 Å². The van der Waals surface area contributed by atoms with Gasteiger partial charge in [0.15, 0.2) is 0 Å². The fraction of sp³-hybridized carbons (Fsp3) is 0.0952. The minimum atomic E-state index is -4.32. The van der Waals surface area contributed by atoms with E-state index in [2.05, 4.69) is 5.32 Å². The second-order valence-corrected chi connectivity index (χ2v) is 9.33. The van der Waals surface area contributed by atoms with Gasteiger partial charge in [0.2, 0.25) is 5.91 Å². The normalized spacial score (nSPS) is 11.1. The summed E-state index contributed by atoms with van der Waals surface area (Å²) in [5.41, 5.74) is 0.463. The van der Waals surface area contributed by atoms with E-state index >= 15 is 0 Å². The van der Waals surface area contributed by atoms with Crippen LogP contribution in [-0.2, 0) is 21.4 Å². The van der Waals surface area contributed by atoms with E-state index in [0.717, 1.165) is 28.1 Å². The maximum absolute atomic E-state index is 13.3. The molecular weight excluding hydrogens is 477 g/mol. The number of nitrogens with one attached hydrogen (secondary N) is 1. The van der Waals surface area contributed by atoms with Crippen LogP contribution in [0, 0.1) is 10.1 Å². The number of anilines is 1. The van der Waals surface area contributed by atoms with Crippen LogP contribution in [0.3, 0.4) is 0 Å². The molecule has 8 nitrogen and oxygen atoms in total. The van der Waals surface area contributed by atoms with Gasteiger partial charge < -0.3 is 5.32 Å². The number of para-hydroxylation sites is 1. The van der Waals surface area contributed by atoms with Gasteiger partial charge in [0.25, 0.3) is 15.7 Å². The average Bonchev–Trinajstić information content (AvgIpc) is 2.77. The highest BCUT2D eigenvalue weighted by Gasteiger charge is 2.29. The number of carbonyl (C=O) groups is 1. The Morgan fingerprint density at radius 2 is 1.66 bits per heavy atom. The van der Waals surface area contributed by atoms with Crippen molar-refractivity contribution >= 4 is 50.5 Å². The highest BCUT2D eigenvalue weighted by molar-refractivity contribution is 7.92. The summed E-state index contributed by atoms with van der Waals surface area (Å²) in [7, 11) is -4.32. The molecule has 0 aliphatic carbocycles. The molecule has 0 aromatic heterocycles. The third-order valence-electron chi connectivity index (χ3n) is 4.44. The van der Waals surface area contributed by atoms with E-state index < -0.39 is 33.1 Å². The molecule has 0 saturated heterocycles. The van der Waals surface area contributed by atoms with Crippen LogP contribution in [0.5, 0.6) is 0 Å². The van der Waals surface area contributed by atoms with Gasteiger partial charge in [0.1, 0.15) is 11.6 Å². The summed E-state index contributed by atoms with van der Waals surface area (Å²) < 4.78 is 27.5. The summed E-state index contributed by atoms with van der Waals surface area (Å²) in [4.78, 5) is 22.7. The van der Waals surface area contributed by atoms with Gasteiger partial charge in [-0.2, -0.15) is 0 Å². The number of nitro benzene ring substituents is 1. The second kappa shape index (κ2) is 9.99. The van der Waals surface area contributed by atoms with E-state index in [9.17, 15) is 23.3 Å². The molecule has 3 rings (SSSR count). The van der Waals surface area contributed by atoms with Crippen molar-refractivity contribution in [3.8, 4) is 0 Å². The van der Waals surface area contributed by atoms with Crippen LogP contribution in [0.1, 0.15) is 5.56 Å². The standard InChI is InChI=1S/C21H17Cl2N3O5S/c22-16-8-6-15(7-9-16)13-24-21(27)14-25(17-4-2-1-3-5-17)32(30,31)18-10-11-19(23)20(12-18)26(28)29/h1-12H,13-14H2,(H,24,27). The Hall–Kier alpha value is -3.14. The fourth-order valence-electron chi connectivity index (χ4n) is 2.82. The molecule has 0 aliphatic heterocycles. The highest BCUT2D eigenvalue weighted by atomic mass is 35.5. The van der Waals surface area contributed by atoms with Gasteiger partial charge >= 0.3 is 0 Å². The van der Waals surface area contributed by atoms with Gasteiger partial charge in [-0.15, -0.1) is 0 Å². The zero-order chi connectivity index (χ0) is 23.3. The molecule has 3 aromatic rings. The van der Waals surface area contributed by atoms with E-state index in [4.69, 9.17) is 23.2 Å². The summed E-state index contributed by atoms with van der Waals surface area (Å²) >= 11 is 11.7. The lowest BCUT2D eigenvalue weighted by molar-refractivity contribution is -0.384. The Kier molecular flexibility index (Phi) is 7.34. The summed E-state index contributed by atoms with van der Waals surface area (Å²) in [5, 5.41) is 14.2. The summed E-state index contributed by atoms with van der Waals surface area (Å²) in [6, 6.07) is 18.0. The Morgan fingerprint density at radius 1 is 1.00 bits per heavy atom. The number of sulfonamides is 1. The van der Waals surface area contributed by atoms with Crippen LogP contribution >= 0.6 is 23.2 Å². The van der Waals surface area contributed by atoms with E-state index in [1.807, 2.05) is 0 Å². The first-order chi connectivity index (χ1) is 15.2. The maximum Gasteiger partial charge on any atom is 0.289 e.